The van der Waals surface area contributed by atoms with Crippen molar-refractivity contribution >= 4 is 9.84 Å². The van der Waals surface area contributed by atoms with Crippen molar-refractivity contribution < 1.29 is 23.0 Å². The van der Waals surface area contributed by atoms with E-state index in [1.165, 1.54) is 12.1 Å². The zero-order valence-electron chi connectivity index (χ0n) is 15.1. The number of hydrogen-bond acceptors (Lipinski definition) is 7. The highest BCUT2D eigenvalue weighted by molar-refractivity contribution is 7.90. The molecule has 0 radical (unpaired) electrons. The highest BCUT2D eigenvalue weighted by atomic mass is 32.2. The van der Waals surface area contributed by atoms with E-state index in [4.69, 9.17) is 9.47 Å². The Morgan fingerprint density at radius 1 is 1.42 bits per heavy atom. The van der Waals surface area contributed by atoms with Gasteiger partial charge in [-0.15, -0.1) is 0 Å². The van der Waals surface area contributed by atoms with Gasteiger partial charge >= 0.3 is 0 Å². The van der Waals surface area contributed by atoms with Crippen LogP contribution in [-0.4, -0.2) is 70.4 Å². The van der Waals surface area contributed by atoms with E-state index >= 15 is 0 Å². The SMILES string of the molecule is CS(=O)(=O)c1cccc(OC[C@@H](O)CNC2COC3(CCNCC3)C2)c1. The number of sulfone groups is 1. The van der Waals surface area contributed by atoms with Gasteiger partial charge < -0.3 is 25.2 Å². The molecule has 146 valence electrons. The van der Waals surface area contributed by atoms with Crippen molar-refractivity contribution in [3.05, 3.63) is 24.3 Å². The molecule has 7 nitrogen and oxygen atoms in total. The fourth-order valence-electron chi connectivity index (χ4n) is 3.55. The van der Waals surface area contributed by atoms with E-state index < -0.39 is 15.9 Å². The molecule has 8 heteroatoms. The predicted molar refractivity (Wildman–Crippen MR) is 98.2 cm³/mol. The monoisotopic (exact) mass is 384 g/mol. The summed E-state index contributed by atoms with van der Waals surface area (Å²) in [6.45, 7) is 3.17. The van der Waals surface area contributed by atoms with E-state index in [1.807, 2.05) is 0 Å². The van der Waals surface area contributed by atoms with Crippen LogP contribution in [0.15, 0.2) is 29.2 Å². The van der Waals surface area contributed by atoms with Gasteiger partial charge in [-0.25, -0.2) is 8.42 Å². The summed E-state index contributed by atoms with van der Waals surface area (Å²) in [6, 6.07) is 6.56. The highest BCUT2D eigenvalue weighted by Crippen LogP contribution is 2.33. The zero-order chi connectivity index (χ0) is 18.6. The molecule has 0 saturated carbocycles. The lowest BCUT2D eigenvalue weighted by atomic mass is 9.88. The van der Waals surface area contributed by atoms with Gasteiger partial charge in [-0.05, 0) is 50.6 Å². The number of aliphatic hydroxyl groups excluding tert-OH is 1. The number of ether oxygens (including phenoxy) is 2. The van der Waals surface area contributed by atoms with E-state index in [-0.39, 0.29) is 23.1 Å². The summed E-state index contributed by atoms with van der Waals surface area (Å²) in [5, 5.41) is 16.9. The minimum Gasteiger partial charge on any atom is -0.491 e. The summed E-state index contributed by atoms with van der Waals surface area (Å²) in [4.78, 5) is 0.206. The summed E-state index contributed by atoms with van der Waals surface area (Å²) >= 11 is 0. The normalized spacial score (nSPS) is 23.8. The molecule has 2 heterocycles. The molecule has 2 aliphatic rings. The summed E-state index contributed by atoms with van der Waals surface area (Å²) in [6.07, 6.45) is 3.52. The second kappa shape index (κ2) is 8.22. The third-order valence-electron chi connectivity index (χ3n) is 5.04. The lowest BCUT2D eigenvalue weighted by molar-refractivity contribution is -0.0194. The third kappa shape index (κ3) is 5.17. The van der Waals surface area contributed by atoms with Gasteiger partial charge in [0.2, 0.25) is 0 Å². The number of aliphatic hydroxyl groups is 1. The molecule has 3 N–H and O–H groups in total. The van der Waals surface area contributed by atoms with E-state index in [0.717, 1.165) is 38.6 Å². The molecule has 1 unspecified atom stereocenters. The van der Waals surface area contributed by atoms with Crippen LogP contribution in [-0.2, 0) is 14.6 Å². The molecule has 0 aliphatic carbocycles. The van der Waals surface area contributed by atoms with E-state index in [0.29, 0.717) is 18.9 Å². The molecule has 26 heavy (non-hydrogen) atoms. The molecule has 1 spiro atoms. The van der Waals surface area contributed by atoms with E-state index in [2.05, 4.69) is 10.6 Å². The zero-order valence-corrected chi connectivity index (χ0v) is 15.9. The first-order chi connectivity index (χ1) is 12.4. The van der Waals surface area contributed by atoms with Crippen molar-refractivity contribution in [1.82, 2.24) is 10.6 Å². The first-order valence-corrected chi connectivity index (χ1v) is 10.9. The molecule has 2 fully saturated rings. The maximum Gasteiger partial charge on any atom is 0.175 e. The Hall–Kier alpha value is -1.19. The summed E-state index contributed by atoms with van der Waals surface area (Å²) < 4.78 is 34.7. The Balaban J connectivity index is 1.42. The van der Waals surface area contributed by atoms with Crippen molar-refractivity contribution in [2.24, 2.45) is 0 Å². The van der Waals surface area contributed by atoms with Crippen molar-refractivity contribution in [3.63, 3.8) is 0 Å². The van der Waals surface area contributed by atoms with Gasteiger partial charge in [-0.2, -0.15) is 0 Å². The van der Waals surface area contributed by atoms with Crippen LogP contribution in [0, 0.1) is 0 Å². The molecule has 0 amide bonds. The molecular formula is C18H28N2O5S. The van der Waals surface area contributed by atoms with E-state index in [1.54, 1.807) is 12.1 Å². The second-order valence-corrected chi connectivity index (χ2v) is 9.28. The van der Waals surface area contributed by atoms with Crippen LogP contribution >= 0.6 is 0 Å². The third-order valence-corrected chi connectivity index (χ3v) is 6.15. The van der Waals surface area contributed by atoms with Gasteiger partial charge in [0.15, 0.2) is 9.84 Å². The summed E-state index contributed by atoms with van der Waals surface area (Å²) in [7, 11) is -3.27. The fourth-order valence-corrected chi connectivity index (χ4v) is 4.21. The summed E-state index contributed by atoms with van der Waals surface area (Å²) in [5.74, 6) is 0.435. The van der Waals surface area contributed by atoms with Crippen LogP contribution in [0.25, 0.3) is 0 Å². The Labute approximate surface area is 155 Å². The Bertz CT molecular complexity index is 703. The lowest BCUT2D eigenvalue weighted by Crippen LogP contribution is -2.43. The molecule has 1 aromatic rings. The number of nitrogens with one attached hydrogen (secondary N) is 2. The average molecular weight is 384 g/mol. The minimum absolute atomic E-state index is 0.00352. The van der Waals surface area contributed by atoms with Crippen LogP contribution < -0.4 is 15.4 Å². The van der Waals surface area contributed by atoms with Crippen molar-refractivity contribution in [1.29, 1.82) is 0 Å². The van der Waals surface area contributed by atoms with Crippen molar-refractivity contribution in [2.45, 2.75) is 41.9 Å². The number of rotatable bonds is 7. The number of benzene rings is 1. The van der Waals surface area contributed by atoms with Crippen LogP contribution in [0.4, 0.5) is 0 Å². The Kier molecular flexibility index (Phi) is 6.19. The van der Waals surface area contributed by atoms with Gasteiger partial charge in [0.05, 0.1) is 17.1 Å². The van der Waals surface area contributed by atoms with Crippen LogP contribution in [0.2, 0.25) is 0 Å². The smallest absolute Gasteiger partial charge is 0.175 e. The van der Waals surface area contributed by atoms with Crippen LogP contribution in [0.3, 0.4) is 0 Å². The van der Waals surface area contributed by atoms with Gasteiger partial charge in [-0.3, -0.25) is 0 Å². The first-order valence-electron chi connectivity index (χ1n) is 9.05. The van der Waals surface area contributed by atoms with Gasteiger partial charge in [-0.1, -0.05) is 6.07 Å². The van der Waals surface area contributed by atoms with Crippen LogP contribution in [0.5, 0.6) is 5.75 Å². The lowest BCUT2D eigenvalue weighted by Gasteiger charge is -2.33. The van der Waals surface area contributed by atoms with Crippen molar-refractivity contribution in [2.75, 3.05) is 39.1 Å². The predicted octanol–water partition coefficient (Wildman–Crippen LogP) is 0.331. The highest BCUT2D eigenvalue weighted by Gasteiger charge is 2.40. The van der Waals surface area contributed by atoms with Crippen LogP contribution in [0.1, 0.15) is 19.3 Å². The molecule has 0 bridgehead atoms. The largest absolute Gasteiger partial charge is 0.491 e. The van der Waals surface area contributed by atoms with E-state index in [9.17, 15) is 13.5 Å². The Morgan fingerprint density at radius 3 is 2.92 bits per heavy atom. The standard InChI is InChI=1S/C18H28N2O5S/c1-26(22,23)17-4-2-3-16(9-17)24-13-15(21)11-20-14-10-18(25-12-14)5-7-19-8-6-18/h2-4,9,14-15,19-21H,5-8,10-13H2,1H3/t14?,15-/m0/s1. The molecule has 2 aliphatic heterocycles. The minimum atomic E-state index is -3.27. The maximum atomic E-state index is 11.6. The quantitative estimate of drug-likeness (QED) is 0.623. The first kappa shape index (κ1) is 19.6. The van der Waals surface area contributed by atoms with Gasteiger partial charge in [0, 0.05) is 18.8 Å². The molecule has 2 saturated heterocycles. The average Bonchev–Trinajstić information content (AvgIpc) is 3.01. The Morgan fingerprint density at radius 2 is 2.19 bits per heavy atom. The molecular weight excluding hydrogens is 356 g/mol. The topological polar surface area (TPSA) is 96.9 Å². The molecule has 1 aromatic carbocycles. The van der Waals surface area contributed by atoms with Crippen molar-refractivity contribution in [3.8, 4) is 5.75 Å². The second-order valence-electron chi connectivity index (χ2n) is 7.27. The summed E-state index contributed by atoms with van der Waals surface area (Å²) in [5.41, 5.74) is -0.00352. The molecule has 3 rings (SSSR count). The fraction of sp³-hybridized carbons (Fsp3) is 0.667. The van der Waals surface area contributed by atoms with Gasteiger partial charge in [0.1, 0.15) is 18.5 Å². The number of hydrogen-bond donors (Lipinski definition) is 3. The molecule has 0 aromatic heterocycles. The van der Waals surface area contributed by atoms with Gasteiger partial charge in [0.25, 0.3) is 0 Å². The number of piperidine rings is 1. The molecule has 2 atom stereocenters. The maximum absolute atomic E-state index is 11.6.